The first-order valence-electron chi connectivity index (χ1n) is 8.87. The Morgan fingerprint density at radius 3 is 2.44 bits per heavy atom. The van der Waals surface area contributed by atoms with Gasteiger partial charge in [0.15, 0.2) is 5.82 Å². The van der Waals surface area contributed by atoms with Gasteiger partial charge in [0.2, 0.25) is 0 Å². The Balaban J connectivity index is 1.85. The lowest BCUT2D eigenvalue weighted by Gasteiger charge is -2.26. The van der Waals surface area contributed by atoms with E-state index in [0.717, 1.165) is 28.2 Å². The average Bonchev–Trinajstić information content (AvgIpc) is 2.67. The molecule has 1 aromatic carbocycles. The first-order chi connectivity index (χ1) is 13.0. The number of benzene rings is 1. The summed E-state index contributed by atoms with van der Waals surface area (Å²) in [7, 11) is 4.02. The van der Waals surface area contributed by atoms with Gasteiger partial charge in [0.25, 0.3) is 0 Å². The molecule has 140 valence electrons. The second-order valence-corrected chi connectivity index (χ2v) is 6.76. The van der Waals surface area contributed by atoms with Crippen LogP contribution >= 0.6 is 0 Å². The highest BCUT2D eigenvalue weighted by Crippen LogP contribution is 2.23. The van der Waals surface area contributed by atoms with Crippen LogP contribution < -0.4 is 5.32 Å². The van der Waals surface area contributed by atoms with Crippen molar-refractivity contribution in [3.63, 3.8) is 0 Å². The van der Waals surface area contributed by atoms with Crippen molar-refractivity contribution in [3.05, 3.63) is 71.4 Å². The van der Waals surface area contributed by atoms with Gasteiger partial charge in [-0.15, -0.1) is 0 Å². The molecule has 0 aliphatic carbocycles. The Morgan fingerprint density at radius 1 is 1.07 bits per heavy atom. The molecule has 0 amide bonds. The summed E-state index contributed by atoms with van der Waals surface area (Å²) in [5.74, 6) is 1.22. The van der Waals surface area contributed by atoms with E-state index in [0.29, 0.717) is 12.4 Å². The molecule has 0 saturated carbocycles. The average molecular weight is 365 g/mol. The molecule has 0 saturated heterocycles. The van der Waals surface area contributed by atoms with Crippen molar-refractivity contribution >= 4 is 5.82 Å². The summed E-state index contributed by atoms with van der Waals surface area (Å²) in [4.78, 5) is 15.5. The molecule has 0 fully saturated rings. The van der Waals surface area contributed by atoms with E-state index in [2.05, 4.69) is 20.2 Å². The number of halogens is 1. The maximum absolute atomic E-state index is 13.3. The molecule has 1 unspecified atom stereocenters. The molecule has 1 atom stereocenters. The molecule has 3 aromatic rings. The topological polar surface area (TPSA) is 53.9 Å². The molecule has 0 radical (unpaired) electrons. The number of anilines is 1. The summed E-state index contributed by atoms with van der Waals surface area (Å²) >= 11 is 0. The molecule has 27 heavy (non-hydrogen) atoms. The van der Waals surface area contributed by atoms with Crippen molar-refractivity contribution in [2.45, 2.75) is 19.9 Å². The highest BCUT2D eigenvalue weighted by molar-refractivity contribution is 5.58. The number of nitrogens with one attached hydrogen (secondary N) is 1. The van der Waals surface area contributed by atoms with Crippen LogP contribution in [0, 0.1) is 19.7 Å². The van der Waals surface area contributed by atoms with Crippen molar-refractivity contribution in [1.29, 1.82) is 0 Å². The van der Waals surface area contributed by atoms with Crippen LogP contribution in [0.2, 0.25) is 0 Å². The van der Waals surface area contributed by atoms with Gasteiger partial charge in [0.1, 0.15) is 11.6 Å². The SMILES string of the molecule is Cc1nc(-c2cccnc2)nc(NCC(c2ccc(F)cc2)N(C)C)c1C. The maximum Gasteiger partial charge on any atom is 0.163 e. The molecule has 1 N–H and O–H groups in total. The third-order valence-corrected chi connectivity index (χ3v) is 4.65. The Morgan fingerprint density at radius 2 is 1.81 bits per heavy atom. The fourth-order valence-electron chi connectivity index (χ4n) is 2.90. The molecular weight excluding hydrogens is 341 g/mol. The number of hydrogen-bond donors (Lipinski definition) is 1. The number of nitrogens with zero attached hydrogens (tertiary/aromatic N) is 4. The zero-order valence-corrected chi connectivity index (χ0v) is 16.1. The number of pyridine rings is 1. The standard InChI is InChI=1S/C21H24FN5/c1-14-15(2)25-21(17-6-5-11-23-12-17)26-20(14)24-13-19(27(3)4)16-7-9-18(22)10-8-16/h5-12,19H,13H2,1-4H3,(H,24,25,26). The van der Waals surface area contributed by atoms with E-state index in [1.807, 2.05) is 52.2 Å². The maximum atomic E-state index is 13.3. The summed E-state index contributed by atoms with van der Waals surface area (Å²) in [6.07, 6.45) is 3.49. The minimum absolute atomic E-state index is 0.0853. The monoisotopic (exact) mass is 365 g/mol. The summed E-state index contributed by atoms with van der Waals surface area (Å²) < 4.78 is 13.3. The van der Waals surface area contributed by atoms with Gasteiger partial charge in [-0.2, -0.15) is 0 Å². The molecule has 0 aliphatic heterocycles. The van der Waals surface area contributed by atoms with Crippen LogP contribution in [0.15, 0.2) is 48.8 Å². The zero-order valence-electron chi connectivity index (χ0n) is 16.1. The van der Waals surface area contributed by atoms with Crippen molar-refractivity contribution in [3.8, 4) is 11.4 Å². The number of rotatable bonds is 6. The van der Waals surface area contributed by atoms with E-state index in [9.17, 15) is 4.39 Å². The van der Waals surface area contributed by atoms with E-state index in [4.69, 9.17) is 4.98 Å². The number of aryl methyl sites for hydroxylation is 1. The lowest BCUT2D eigenvalue weighted by Crippen LogP contribution is -2.27. The summed E-state index contributed by atoms with van der Waals surface area (Å²) in [6.45, 7) is 4.63. The van der Waals surface area contributed by atoms with Gasteiger partial charge in [-0.3, -0.25) is 4.98 Å². The van der Waals surface area contributed by atoms with Gasteiger partial charge in [0, 0.05) is 35.8 Å². The van der Waals surface area contributed by atoms with Crippen LogP contribution in [-0.2, 0) is 0 Å². The van der Waals surface area contributed by atoms with Crippen molar-refractivity contribution in [2.24, 2.45) is 0 Å². The van der Waals surface area contributed by atoms with Gasteiger partial charge in [-0.05, 0) is 57.8 Å². The minimum atomic E-state index is -0.229. The van der Waals surface area contributed by atoms with Crippen LogP contribution in [0.4, 0.5) is 10.2 Å². The number of hydrogen-bond acceptors (Lipinski definition) is 5. The van der Waals surface area contributed by atoms with Gasteiger partial charge in [0.05, 0.1) is 6.04 Å². The van der Waals surface area contributed by atoms with E-state index in [1.54, 1.807) is 12.4 Å². The van der Waals surface area contributed by atoms with Crippen molar-refractivity contribution < 1.29 is 4.39 Å². The highest BCUT2D eigenvalue weighted by atomic mass is 19.1. The molecule has 0 aliphatic rings. The van der Waals surface area contributed by atoms with Crippen LogP contribution in [0.25, 0.3) is 11.4 Å². The minimum Gasteiger partial charge on any atom is -0.368 e. The first kappa shape index (κ1) is 18.9. The molecular formula is C21H24FN5. The lowest BCUT2D eigenvalue weighted by molar-refractivity contribution is 0.311. The summed E-state index contributed by atoms with van der Waals surface area (Å²) in [5.41, 5.74) is 3.87. The van der Waals surface area contributed by atoms with Gasteiger partial charge in [-0.25, -0.2) is 14.4 Å². The summed E-state index contributed by atoms with van der Waals surface area (Å²) in [6, 6.07) is 10.5. The van der Waals surface area contributed by atoms with Crippen molar-refractivity contribution in [2.75, 3.05) is 26.0 Å². The predicted molar refractivity (Wildman–Crippen MR) is 106 cm³/mol. The van der Waals surface area contributed by atoms with Crippen LogP contribution in [-0.4, -0.2) is 40.5 Å². The summed E-state index contributed by atoms with van der Waals surface area (Å²) in [5, 5.41) is 3.45. The van der Waals surface area contributed by atoms with Gasteiger partial charge >= 0.3 is 0 Å². The quantitative estimate of drug-likeness (QED) is 0.715. The first-order valence-corrected chi connectivity index (χ1v) is 8.87. The van der Waals surface area contributed by atoms with Gasteiger partial charge in [-0.1, -0.05) is 12.1 Å². The van der Waals surface area contributed by atoms with Crippen molar-refractivity contribution in [1.82, 2.24) is 19.9 Å². The second kappa shape index (κ2) is 8.22. The fourth-order valence-corrected chi connectivity index (χ4v) is 2.90. The second-order valence-electron chi connectivity index (χ2n) is 6.76. The van der Waals surface area contributed by atoms with E-state index in [1.165, 1.54) is 12.1 Å². The highest BCUT2D eigenvalue weighted by Gasteiger charge is 2.16. The van der Waals surface area contributed by atoms with E-state index in [-0.39, 0.29) is 11.9 Å². The predicted octanol–water partition coefficient (Wildman–Crippen LogP) is 4.01. The Labute approximate surface area is 159 Å². The lowest BCUT2D eigenvalue weighted by atomic mass is 10.1. The molecule has 6 heteroatoms. The normalized spacial score (nSPS) is 12.2. The smallest absolute Gasteiger partial charge is 0.163 e. The Hall–Kier alpha value is -2.86. The number of aromatic nitrogens is 3. The molecule has 2 heterocycles. The Kier molecular flexibility index (Phi) is 5.76. The van der Waals surface area contributed by atoms with Crippen LogP contribution in [0.3, 0.4) is 0 Å². The zero-order chi connectivity index (χ0) is 19.4. The van der Waals surface area contributed by atoms with Crippen LogP contribution in [0.1, 0.15) is 22.9 Å². The van der Waals surface area contributed by atoms with Gasteiger partial charge < -0.3 is 10.2 Å². The molecule has 0 bridgehead atoms. The molecule has 0 spiro atoms. The largest absolute Gasteiger partial charge is 0.368 e. The van der Waals surface area contributed by atoms with Crippen LogP contribution in [0.5, 0.6) is 0 Å². The Bertz CT molecular complexity index is 894. The molecule has 2 aromatic heterocycles. The third-order valence-electron chi connectivity index (χ3n) is 4.65. The van der Waals surface area contributed by atoms with E-state index >= 15 is 0 Å². The molecule has 5 nitrogen and oxygen atoms in total. The number of likely N-dealkylation sites (N-methyl/N-ethyl adjacent to an activating group) is 1. The molecule has 3 rings (SSSR count). The van der Waals surface area contributed by atoms with E-state index < -0.39 is 0 Å². The third kappa shape index (κ3) is 4.46. The fraction of sp³-hybridized carbons (Fsp3) is 0.286.